The minimum Gasteiger partial charge on any atom is -0.373 e. The molecule has 1 fully saturated rings. The maximum atomic E-state index is 12.3. The van der Waals surface area contributed by atoms with Gasteiger partial charge in [-0.2, -0.15) is 0 Å². The first-order chi connectivity index (χ1) is 10.6. The molecule has 114 valence electrons. The Kier molecular flexibility index (Phi) is 3.77. The van der Waals surface area contributed by atoms with Crippen LogP contribution < -0.4 is 0 Å². The number of nitrogens with zero attached hydrogens (tertiary/aromatic N) is 2. The second kappa shape index (κ2) is 5.73. The Hall–Kier alpha value is -2.47. The van der Waals surface area contributed by atoms with Crippen LogP contribution in [0.1, 0.15) is 20.7 Å². The number of carbonyl (C=O) groups is 3. The van der Waals surface area contributed by atoms with Crippen molar-refractivity contribution < 1.29 is 19.1 Å². The van der Waals surface area contributed by atoms with Gasteiger partial charge in [0.2, 0.25) is 5.91 Å². The summed E-state index contributed by atoms with van der Waals surface area (Å²) in [5, 5.41) is 0. The van der Waals surface area contributed by atoms with E-state index in [0.29, 0.717) is 30.8 Å². The van der Waals surface area contributed by atoms with Crippen LogP contribution in [0.4, 0.5) is 0 Å². The molecular weight excluding hydrogens is 284 g/mol. The molecule has 2 aliphatic heterocycles. The second-order valence-electron chi connectivity index (χ2n) is 5.25. The van der Waals surface area contributed by atoms with Gasteiger partial charge in [-0.15, -0.1) is 0 Å². The molecule has 1 aromatic carbocycles. The SMILES string of the molecule is C=CC(=O)N1CCOC(CN2C(=O)c3ccccc3C2=O)C1. The van der Waals surface area contributed by atoms with E-state index in [0.717, 1.165) is 0 Å². The number of fused-ring (bicyclic) bond motifs is 1. The number of hydrogen-bond donors (Lipinski definition) is 0. The van der Waals surface area contributed by atoms with Crippen molar-refractivity contribution >= 4 is 17.7 Å². The Morgan fingerprint density at radius 3 is 2.50 bits per heavy atom. The number of carbonyl (C=O) groups excluding carboxylic acids is 3. The quantitative estimate of drug-likeness (QED) is 0.608. The highest BCUT2D eigenvalue weighted by Gasteiger charge is 2.37. The average molecular weight is 300 g/mol. The third-order valence-corrected chi connectivity index (χ3v) is 3.89. The normalized spacial score (nSPS) is 21.0. The van der Waals surface area contributed by atoms with Crippen LogP contribution in [0.15, 0.2) is 36.9 Å². The number of amides is 3. The van der Waals surface area contributed by atoms with Gasteiger partial charge < -0.3 is 9.64 Å². The second-order valence-corrected chi connectivity index (χ2v) is 5.25. The molecule has 1 aromatic rings. The van der Waals surface area contributed by atoms with Crippen LogP contribution in [0.2, 0.25) is 0 Å². The van der Waals surface area contributed by atoms with Gasteiger partial charge in [-0.1, -0.05) is 18.7 Å². The molecule has 2 heterocycles. The van der Waals surface area contributed by atoms with Crippen LogP contribution in [-0.2, 0) is 9.53 Å². The van der Waals surface area contributed by atoms with Gasteiger partial charge in [0.15, 0.2) is 0 Å². The van der Waals surface area contributed by atoms with E-state index in [1.807, 2.05) is 0 Å². The fourth-order valence-electron chi connectivity index (χ4n) is 2.77. The largest absolute Gasteiger partial charge is 0.373 e. The first kappa shape index (κ1) is 14.5. The van der Waals surface area contributed by atoms with Crippen LogP contribution in [0.25, 0.3) is 0 Å². The summed E-state index contributed by atoms with van der Waals surface area (Å²) in [6, 6.07) is 6.75. The average Bonchev–Trinajstić information content (AvgIpc) is 2.80. The van der Waals surface area contributed by atoms with Gasteiger partial charge in [0.05, 0.1) is 30.4 Å². The minimum atomic E-state index is -0.375. The maximum Gasteiger partial charge on any atom is 0.261 e. The zero-order chi connectivity index (χ0) is 15.7. The lowest BCUT2D eigenvalue weighted by Gasteiger charge is -2.33. The van der Waals surface area contributed by atoms with E-state index in [-0.39, 0.29) is 30.4 Å². The maximum absolute atomic E-state index is 12.3. The van der Waals surface area contributed by atoms with Gasteiger partial charge in [0.1, 0.15) is 0 Å². The first-order valence-corrected chi connectivity index (χ1v) is 7.10. The molecule has 22 heavy (non-hydrogen) atoms. The smallest absolute Gasteiger partial charge is 0.261 e. The molecule has 2 aliphatic rings. The van der Waals surface area contributed by atoms with Gasteiger partial charge in [-0.05, 0) is 18.2 Å². The highest BCUT2D eigenvalue weighted by Crippen LogP contribution is 2.23. The van der Waals surface area contributed by atoms with Gasteiger partial charge in [0, 0.05) is 13.1 Å². The number of rotatable bonds is 3. The number of imide groups is 1. The van der Waals surface area contributed by atoms with Gasteiger partial charge in [-0.3, -0.25) is 19.3 Å². The summed E-state index contributed by atoms with van der Waals surface area (Å²) in [4.78, 5) is 39.1. The van der Waals surface area contributed by atoms with Crippen LogP contribution in [-0.4, -0.2) is 59.9 Å². The van der Waals surface area contributed by atoms with E-state index in [9.17, 15) is 14.4 Å². The number of ether oxygens (including phenoxy) is 1. The molecule has 3 amide bonds. The Morgan fingerprint density at radius 2 is 1.91 bits per heavy atom. The molecule has 0 radical (unpaired) electrons. The molecule has 0 saturated carbocycles. The standard InChI is InChI=1S/C16H16N2O4/c1-2-14(19)17-7-8-22-11(9-17)10-18-15(20)12-5-3-4-6-13(12)16(18)21/h2-6,11H,1,7-10H2. The monoisotopic (exact) mass is 300 g/mol. The van der Waals surface area contributed by atoms with Crippen LogP contribution >= 0.6 is 0 Å². The van der Waals surface area contributed by atoms with Crippen molar-refractivity contribution in [3.63, 3.8) is 0 Å². The number of morpholine rings is 1. The van der Waals surface area contributed by atoms with Crippen molar-refractivity contribution in [2.24, 2.45) is 0 Å². The lowest BCUT2D eigenvalue weighted by Crippen LogP contribution is -2.50. The number of benzene rings is 1. The molecule has 6 heteroatoms. The zero-order valence-corrected chi connectivity index (χ0v) is 12.0. The first-order valence-electron chi connectivity index (χ1n) is 7.10. The van der Waals surface area contributed by atoms with E-state index in [4.69, 9.17) is 4.74 Å². The molecule has 0 aliphatic carbocycles. The van der Waals surface area contributed by atoms with Crippen molar-refractivity contribution in [2.45, 2.75) is 6.10 Å². The summed E-state index contributed by atoms with van der Waals surface area (Å²) in [5.74, 6) is -0.789. The predicted molar refractivity (Wildman–Crippen MR) is 78.3 cm³/mol. The highest BCUT2D eigenvalue weighted by atomic mass is 16.5. The summed E-state index contributed by atoms with van der Waals surface area (Å²) in [6.45, 7) is 4.83. The van der Waals surface area contributed by atoms with Crippen LogP contribution in [0.5, 0.6) is 0 Å². The molecule has 3 rings (SSSR count). The van der Waals surface area contributed by atoms with E-state index in [2.05, 4.69) is 6.58 Å². The fraction of sp³-hybridized carbons (Fsp3) is 0.312. The molecule has 1 atom stereocenters. The zero-order valence-electron chi connectivity index (χ0n) is 12.0. The summed E-state index contributed by atoms with van der Waals surface area (Å²) < 4.78 is 5.59. The predicted octanol–water partition coefficient (Wildman–Crippen LogP) is 0.696. The Morgan fingerprint density at radius 1 is 1.27 bits per heavy atom. The molecule has 0 bridgehead atoms. The van der Waals surface area contributed by atoms with Gasteiger partial charge >= 0.3 is 0 Å². The third kappa shape index (κ3) is 2.42. The fourth-order valence-corrected chi connectivity index (χ4v) is 2.77. The Bertz CT molecular complexity index is 620. The Labute approximate surface area is 127 Å². The summed E-state index contributed by atoms with van der Waals surface area (Å²) >= 11 is 0. The Balaban J connectivity index is 1.72. The van der Waals surface area contributed by atoms with Crippen LogP contribution in [0, 0.1) is 0 Å². The molecule has 0 aromatic heterocycles. The molecule has 0 N–H and O–H groups in total. The molecule has 1 unspecified atom stereocenters. The summed E-state index contributed by atoms with van der Waals surface area (Å²) in [5.41, 5.74) is 0.838. The van der Waals surface area contributed by atoms with Crippen LogP contribution in [0.3, 0.4) is 0 Å². The lowest BCUT2D eigenvalue weighted by molar-refractivity contribution is -0.133. The lowest BCUT2D eigenvalue weighted by atomic mass is 10.1. The summed E-state index contributed by atoms with van der Waals surface area (Å²) in [6.07, 6.45) is 0.879. The van der Waals surface area contributed by atoms with E-state index in [1.165, 1.54) is 11.0 Å². The third-order valence-electron chi connectivity index (χ3n) is 3.89. The van der Waals surface area contributed by atoms with Crippen molar-refractivity contribution in [1.82, 2.24) is 9.80 Å². The van der Waals surface area contributed by atoms with E-state index >= 15 is 0 Å². The van der Waals surface area contributed by atoms with Gasteiger partial charge in [0.25, 0.3) is 11.8 Å². The molecular formula is C16H16N2O4. The van der Waals surface area contributed by atoms with E-state index in [1.54, 1.807) is 29.2 Å². The highest BCUT2D eigenvalue weighted by molar-refractivity contribution is 6.21. The molecule has 6 nitrogen and oxygen atoms in total. The van der Waals surface area contributed by atoms with Crippen molar-refractivity contribution in [3.05, 3.63) is 48.0 Å². The summed E-state index contributed by atoms with van der Waals surface area (Å²) in [7, 11) is 0. The van der Waals surface area contributed by atoms with E-state index < -0.39 is 0 Å². The van der Waals surface area contributed by atoms with Gasteiger partial charge in [-0.25, -0.2) is 0 Å². The topological polar surface area (TPSA) is 66.9 Å². The minimum absolute atomic E-state index is 0.146. The molecule has 0 spiro atoms. The van der Waals surface area contributed by atoms with Crippen molar-refractivity contribution in [2.75, 3.05) is 26.2 Å². The molecule has 1 saturated heterocycles. The van der Waals surface area contributed by atoms with Crippen molar-refractivity contribution in [3.8, 4) is 0 Å². The number of hydrogen-bond acceptors (Lipinski definition) is 4. The van der Waals surface area contributed by atoms with Crippen molar-refractivity contribution in [1.29, 1.82) is 0 Å².